The Kier molecular flexibility index (Phi) is 2.01. The van der Waals surface area contributed by atoms with E-state index in [2.05, 4.69) is 0 Å². The number of aldehydes is 1. The zero-order chi connectivity index (χ0) is 7.71. The SMILES string of the molecule is CC(C)(C=O)S(C)(=O)=O. The van der Waals surface area contributed by atoms with Crippen molar-refractivity contribution in [3.63, 3.8) is 0 Å². The lowest BCUT2D eigenvalue weighted by Gasteiger charge is -2.12. The maximum Gasteiger partial charge on any atom is 0.159 e. The summed E-state index contributed by atoms with van der Waals surface area (Å²) >= 11 is 0. The second-order valence-electron chi connectivity index (χ2n) is 2.49. The Morgan fingerprint density at radius 2 is 1.67 bits per heavy atom. The van der Waals surface area contributed by atoms with E-state index in [0.29, 0.717) is 6.29 Å². The van der Waals surface area contributed by atoms with Gasteiger partial charge in [0.1, 0.15) is 11.0 Å². The molecule has 0 amide bonds. The molecule has 0 aliphatic heterocycles. The van der Waals surface area contributed by atoms with Crippen molar-refractivity contribution in [2.45, 2.75) is 18.6 Å². The highest BCUT2D eigenvalue weighted by molar-refractivity contribution is 7.92. The molecule has 0 heterocycles. The van der Waals surface area contributed by atoms with Gasteiger partial charge in [0.05, 0.1) is 0 Å². The van der Waals surface area contributed by atoms with Gasteiger partial charge in [-0.25, -0.2) is 8.42 Å². The van der Waals surface area contributed by atoms with Gasteiger partial charge in [-0.1, -0.05) is 0 Å². The normalized spacial score (nSPS) is 13.2. The highest BCUT2D eigenvalue weighted by Gasteiger charge is 2.28. The molecule has 9 heavy (non-hydrogen) atoms. The summed E-state index contributed by atoms with van der Waals surface area (Å²) in [7, 11) is -3.22. The van der Waals surface area contributed by atoms with Crippen LogP contribution in [0.4, 0.5) is 0 Å². The van der Waals surface area contributed by atoms with Crippen molar-refractivity contribution in [1.82, 2.24) is 0 Å². The summed E-state index contributed by atoms with van der Waals surface area (Å²) in [6, 6.07) is 0. The second-order valence-corrected chi connectivity index (χ2v) is 5.09. The molecule has 0 bridgehead atoms. The van der Waals surface area contributed by atoms with Crippen LogP contribution in [0.3, 0.4) is 0 Å². The predicted molar refractivity (Wildman–Crippen MR) is 35.0 cm³/mol. The molecular weight excluding hydrogens is 140 g/mol. The first-order valence-corrected chi connectivity index (χ1v) is 4.36. The van der Waals surface area contributed by atoms with Crippen molar-refractivity contribution in [1.29, 1.82) is 0 Å². The minimum atomic E-state index is -3.22. The maximum atomic E-state index is 10.7. The molecule has 0 saturated heterocycles. The maximum absolute atomic E-state index is 10.7. The third-order valence-corrected chi connectivity index (χ3v) is 3.25. The quantitative estimate of drug-likeness (QED) is 0.521. The fourth-order valence-corrected chi connectivity index (χ4v) is 0.262. The van der Waals surface area contributed by atoms with Crippen molar-refractivity contribution in [2.75, 3.05) is 6.26 Å². The monoisotopic (exact) mass is 150 g/mol. The molecule has 0 aromatic rings. The van der Waals surface area contributed by atoms with Crippen LogP contribution >= 0.6 is 0 Å². The summed E-state index contributed by atoms with van der Waals surface area (Å²) in [5, 5.41) is 0. The van der Waals surface area contributed by atoms with Crippen LogP contribution in [0.25, 0.3) is 0 Å². The van der Waals surface area contributed by atoms with Gasteiger partial charge in [-0.15, -0.1) is 0 Å². The fourth-order valence-electron chi connectivity index (χ4n) is 0.0874. The van der Waals surface area contributed by atoms with E-state index in [0.717, 1.165) is 6.26 Å². The molecule has 0 unspecified atom stereocenters. The first-order valence-electron chi connectivity index (χ1n) is 2.47. The van der Waals surface area contributed by atoms with Gasteiger partial charge in [0, 0.05) is 6.26 Å². The molecule has 0 atom stereocenters. The van der Waals surface area contributed by atoms with Gasteiger partial charge < -0.3 is 4.79 Å². The Morgan fingerprint density at radius 3 is 1.67 bits per heavy atom. The first-order chi connectivity index (χ1) is 3.81. The topological polar surface area (TPSA) is 51.2 Å². The third kappa shape index (κ3) is 1.78. The lowest BCUT2D eigenvalue weighted by Crippen LogP contribution is -2.32. The van der Waals surface area contributed by atoms with Gasteiger partial charge in [-0.3, -0.25) is 0 Å². The predicted octanol–water partition coefficient (Wildman–Crippen LogP) is 0.00850. The molecule has 0 fully saturated rings. The van der Waals surface area contributed by atoms with Crippen LogP contribution in [-0.2, 0) is 14.6 Å². The Bertz CT molecular complexity index is 200. The number of hydrogen-bond acceptors (Lipinski definition) is 3. The van der Waals surface area contributed by atoms with Gasteiger partial charge in [-0.05, 0) is 13.8 Å². The summed E-state index contributed by atoms with van der Waals surface area (Å²) in [6.07, 6.45) is 1.48. The molecule has 54 valence electrons. The van der Waals surface area contributed by atoms with E-state index in [-0.39, 0.29) is 0 Å². The summed E-state index contributed by atoms with van der Waals surface area (Å²) in [4.78, 5) is 10.1. The molecular formula is C5H10O3S. The smallest absolute Gasteiger partial charge is 0.159 e. The molecule has 0 aliphatic carbocycles. The molecule has 0 saturated carbocycles. The van der Waals surface area contributed by atoms with Crippen molar-refractivity contribution in [3.05, 3.63) is 0 Å². The summed E-state index contributed by atoms with van der Waals surface area (Å²) in [5.74, 6) is 0. The van der Waals surface area contributed by atoms with E-state index in [4.69, 9.17) is 0 Å². The van der Waals surface area contributed by atoms with Crippen LogP contribution in [0.2, 0.25) is 0 Å². The van der Waals surface area contributed by atoms with E-state index in [1.807, 2.05) is 0 Å². The fraction of sp³-hybridized carbons (Fsp3) is 0.800. The Hall–Kier alpha value is -0.380. The van der Waals surface area contributed by atoms with Gasteiger partial charge in [-0.2, -0.15) is 0 Å². The molecule has 0 aliphatic rings. The Labute approximate surface area is 55.0 Å². The molecule has 0 N–H and O–H groups in total. The van der Waals surface area contributed by atoms with Gasteiger partial charge in [0.15, 0.2) is 9.84 Å². The van der Waals surface area contributed by atoms with Gasteiger partial charge in [0.2, 0.25) is 0 Å². The molecule has 4 heteroatoms. The van der Waals surface area contributed by atoms with Crippen LogP contribution in [0.5, 0.6) is 0 Å². The molecule has 0 aromatic carbocycles. The zero-order valence-electron chi connectivity index (χ0n) is 5.71. The largest absolute Gasteiger partial charge is 0.302 e. The van der Waals surface area contributed by atoms with Gasteiger partial charge >= 0.3 is 0 Å². The highest BCUT2D eigenvalue weighted by atomic mass is 32.2. The average molecular weight is 150 g/mol. The van der Waals surface area contributed by atoms with E-state index in [9.17, 15) is 13.2 Å². The van der Waals surface area contributed by atoms with E-state index < -0.39 is 14.6 Å². The minimum Gasteiger partial charge on any atom is -0.302 e. The van der Waals surface area contributed by atoms with Crippen LogP contribution in [0.1, 0.15) is 13.8 Å². The number of carbonyl (C=O) groups excluding carboxylic acids is 1. The minimum absolute atomic E-state index is 0.433. The Morgan fingerprint density at radius 1 is 1.33 bits per heavy atom. The number of carbonyl (C=O) groups is 1. The molecule has 0 rings (SSSR count). The summed E-state index contributed by atoms with van der Waals surface area (Å²) < 4.78 is 20.1. The zero-order valence-corrected chi connectivity index (χ0v) is 6.53. The number of sulfone groups is 1. The standard InChI is InChI=1S/C5H10O3S/c1-5(2,4-6)9(3,7)8/h4H,1-3H3. The number of rotatable bonds is 2. The molecule has 3 nitrogen and oxygen atoms in total. The number of hydrogen-bond donors (Lipinski definition) is 0. The van der Waals surface area contributed by atoms with Crippen LogP contribution < -0.4 is 0 Å². The van der Waals surface area contributed by atoms with Crippen molar-refractivity contribution >= 4 is 16.1 Å². The van der Waals surface area contributed by atoms with Crippen molar-refractivity contribution in [2.24, 2.45) is 0 Å². The lowest BCUT2D eigenvalue weighted by molar-refractivity contribution is -0.109. The Balaban J connectivity index is 4.77. The van der Waals surface area contributed by atoms with Crippen molar-refractivity contribution < 1.29 is 13.2 Å². The molecule has 0 spiro atoms. The third-order valence-electron chi connectivity index (χ3n) is 1.24. The van der Waals surface area contributed by atoms with E-state index in [1.54, 1.807) is 0 Å². The average Bonchev–Trinajstić information content (AvgIpc) is 1.64. The lowest BCUT2D eigenvalue weighted by atomic mass is 10.2. The second kappa shape index (κ2) is 2.10. The molecule has 0 aromatic heterocycles. The first kappa shape index (κ1) is 8.62. The summed E-state index contributed by atoms with van der Waals surface area (Å²) in [5.41, 5.74) is 0. The summed E-state index contributed by atoms with van der Waals surface area (Å²) in [6.45, 7) is 2.74. The van der Waals surface area contributed by atoms with Crippen LogP contribution in [0.15, 0.2) is 0 Å². The van der Waals surface area contributed by atoms with E-state index in [1.165, 1.54) is 13.8 Å². The van der Waals surface area contributed by atoms with Crippen LogP contribution in [-0.4, -0.2) is 25.7 Å². The van der Waals surface area contributed by atoms with Gasteiger partial charge in [0.25, 0.3) is 0 Å². The van der Waals surface area contributed by atoms with Crippen LogP contribution in [0, 0.1) is 0 Å². The van der Waals surface area contributed by atoms with E-state index >= 15 is 0 Å². The highest BCUT2D eigenvalue weighted by Crippen LogP contribution is 2.09. The molecule has 0 radical (unpaired) electrons. The van der Waals surface area contributed by atoms with Crippen molar-refractivity contribution in [3.8, 4) is 0 Å².